The van der Waals surface area contributed by atoms with Crippen molar-refractivity contribution in [2.45, 2.75) is 51.4 Å². The number of rotatable bonds is 3. The number of likely N-dealkylation sites (tertiary alicyclic amines) is 1. The minimum atomic E-state index is -1.06. The van der Waals surface area contributed by atoms with Gasteiger partial charge in [-0.15, -0.1) is 0 Å². The Kier molecular flexibility index (Phi) is 3.65. The number of para-hydroxylation sites is 1. The molecule has 0 aliphatic carbocycles. The summed E-state index contributed by atoms with van der Waals surface area (Å²) < 4.78 is 14.7. The fraction of sp³-hybridized carbons (Fsp3) is 0.588. The predicted molar refractivity (Wildman–Crippen MR) is 83.2 cm³/mol. The fourth-order valence-electron chi connectivity index (χ4n) is 3.15. The number of nitrogens with zero attached hydrogens (tertiary/aromatic N) is 1. The van der Waals surface area contributed by atoms with Crippen LogP contribution in [0.5, 0.6) is 0 Å². The van der Waals surface area contributed by atoms with Crippen LogP contribution in [-0.2, 0) is 16.1 Å². The highest BCUT2D eigenvalue weighted by Crippen LogP contribution is 2.35. The molecule has 0 saturated carbocycles. The Bertz CT molecular complexity index is 565. The first kappa shape index (κ1) is 13.3. The molecule has 1 fully saturated rings. The summed E-state index contributed by atoms with van der Waals surface area (Å²) in [6, 6.07) is 7.87. The number of ether oxygens (including phenoxy) is 1. The number of benzene rings is 1. The van der Waals surface area contributed by atoms with Crippen molar-refractivity contribution < 1.29 is 10.9 Å². The largest absolute Gasteiger partial charge is 0.359 e. The summed E-state index contributed by atoms with van der Waals surface area (Å²) in [5.41, 5.74) is 0.711. The highest BCUT2D eigenvalue weighted by Gasteiger charge is 2.49. The van der Waals surface area contributed by atoms with E-state index in [-0.39, 0.29) is 11.9 Å². The zero-order valence-electron chi connectivity index (χ0n) is 13.8. The van der Waals surface area contributed by atoms with Gasteiger partial charge in [-0.3, -0.25) is 9.69 Å². The molecule has 1 aromatic rings. The van der Waals surface area contributed by atoms with Crippen molar-refractivity contribution >= 4 is 11.6 Å². The van der Waals surface area contributed by atoms with E-state index in [1.165, 1.54) is 0 Å². The van der Waals surface area contributed by atoms with E-state index in [9.17, 15) is 4.79 Å². The zero-order chi connectivity index (χ0) is 15.7. The second-order valence-corrected chi connectivity index (χ2v) is 6.06. The van der Waals surface area contributed by atoms with E-state index in [2.05, 4.69) is 24.1 Å². The van der Waals surface area contributed by atoms with Gasteiger partial charge in [0.25, 0.3) is 5.91 Å². The molecular weight excluding hydrogens is 264 g/mol. The average molecular weight is 289 g/mol. The third-order valence-corrected chi connectivity index (χ3v) is 4.44. The topological polar surface area (TPSA) is 41.6 Å². The van der Waals surface area contributed by atoms with E-state index in [1.807, 2.05) is 24.3 Å². The lowest BCUT2D eigenvalue weighted by Crippen LogP contribution is -2.46. The number of anilines is 1. The molecule has 21 heavy (non-hydrogen) atoms. The van der Waals surface area contributed by atoms with Gasteiger partial charge in [-0.25, -0.2) is 0 Å². The molecule has 114 valence electrons. The Hall–Kier alpha value is -1.39. The van der Waals surface area contributed by atoms with E-state index < -0.39 is 12.1 Å². The Morgan fingerprint density at radius 1 is 1.52 bits per heavy atom. The predicted octanol–water partition coefficient (Wildman–Crippen LogP) is 2.79. The van der Waals surface area contributed by atoms with Crippen molar-refractivity contribution in [1.82, 2.24) is 4.90 Å². The molecule has 0 bridgehead atoms. The van der Waals surface area contributed by atoms with Crippen LogP contribution < -0.4 is 5.32 Å². The van der Waals surface area contributed by atoms with Crippen LogP contribution in [0.4, 0.5) is 5.69 Å². The Labute approximate surface area is 127 Å². The zero-order valence-corrected chi connectivity index (χ0v) is 12.8. The van der Waals surface area contributed by atoms with Crippen molar-refractivity contribution in [3.8, 4) is 0 Å². The first-order valence-corrected chi connectivity index (χ1v) is 7.80. The highest BCUT2D eigenvalue weighted by atomic mass is 16.5. The molecule has 1 N–H and O–H groups in total. The minimum absolute atomic E-state index is 0.178. The van der Waals surface area contributed by atoms with Gasteiger partial charge >= 0.3 is 0 Å². The Morgan fingerprint density at radius 2 is 2.33 bits per heavy atom. The van der Waals surface area contributed by atoms with Crippen molar-refractivity contribution in [1.29, 1.82) is 0 Å². The third kappa shape index (κ3) is 2.70. The molecule has 2 unspecified atom stereocenters. The van der Waals surface area contributed by atoms with Gasteiger partial charge in [0.2, 0.25) is 0 Å². The molecule has 3 rings (SSSR count). The van der Waals surface area contributed by atoms with E-state index in [1.54, 1.807) is 0 Å². The minimum Gasteiger partial charge on any atom is -0.359 e. The second kappa shape index (κ2) is 5.78. The number of hydrogen-bond donors (Lipinski definition) is 1. The van der Waals surface area contributed by atoms with Gasteiger partial charge in [-0.05, 0) is 26.0 Å². The van der Waals surface area contributed by atoms with Crippen LogP contribution in [0.3, 0.4) is 0 Å². The van der Waals surface area contributed by atoms with Gasteiger partial charge in [0.05, 0.1) is 6.61 Å². The quantitative estimate of drug-likeness (QED) is 0.930. The van der Waals surface area contributed by atoms with Crippen LogP contribution in [0.2, 0.25) is 0 Å². The number of carbonyl (C=O) groups is 1. The van der Waals surface area contributed by atoms with Gasteiger partial charge in [0, 0.05) is 31.6 Å². The molecule has 2 heterocycles. The van der Waals surface area contributed by atoms with Gasteiger partial charge in [-0.2, -0.15) is 0 Å². The summed E-state index contributed by atoms with van der Waals surface area (Å²) in [4.78, 5) is 14.9. The molecule has 2 aliphatic heterocycles. The fourth-order valence-corrected chi connectivity index (χ4v) is 3.15. The van der Waals surface area contributed by atoms with Gasteiger partial charge < -0.3 is 10.1 Å². The van der Waals surface area contributed by atoms with Crippen molar-refractivity contribution in [3.63, 3.8) is 0 Å². The molecule has 4 heteroatoms. The number of unbranched alkanes of at least 4 members (excludes halogenated alkanes) is 1. The maximum atomic E-state index is 12.8. The Morgan fingerprint density at radius 3 is 3.14 bits per heavy atom. The van der Waals surface area contributed by atoms with E-state index >= 15 is 0 Å². The highest BCUT2D eigenvalue weighted by molar-refractivity contribution is 5.99. The molecule has 1 saturated heterocycles. The maximum absolute atomic E-state index is 12.8. The first-order valence-electron chi connectivity index (χ1n) is 8.37. The summed E-state index contributed by atoms with van der Waals surface area (Å²) in [6.07, 6.45) is 2.70. The monoisotopic (exact) mass is 289 g/mol. The van der Waals surface area contributed by atoms with Crippen LogP contribution in [0.15, 0.2) is 24.3 Å². The van der Waals surface area contributed by atoms with Gasteiger partial charge in [0.1, 0.15) is 0 Å². The summed E-state index contributed by atoms with van der Waals surface area (Å²) in [7, 11) is 0. The second-order valence-electron chi connectivity index (χ2n) is 6.06. The third-order valence-electron chi connectivity index (χ3n) is 4.44. The molecule has 1 aromatic carbocycles. The summed E-state index contributed by atoms with van der Waals surface area (Å²) in [5, 5.41) is 2.97. The maximum Gasteiger partial charge on any atom is 0.258 e. The molecule has 0 radical (unpaired) electrons. The summed E-state index contributed by atoms with van der Waals surface area (Å²) in [6.45, 7) is 4.79. The first-order chi connectivity index (χ1) is 10.6. The van der Waals surface area contributed by atoms with Crippen molar-refractivity contribution in [2.24, 2.45) is 0 Å². The number of hydrogen-bond acceptors (Lipinski definition) is 3. The summed E-state index contributed by atoms with van der Waals surface area (Å²) in [5.74, 6) is -0.178. The van der Waals surface area contributed by atoms with E-state index in [0.717, 1.165) is 30.6 Å². The Balaban J connectivity index is 1.86. The van der Waals surface area contributed by atoms with E-state index in [4.69, 9.17) is 6.11 Å². The SMILES string of the molecule is [2H]C1N(CCCC)[C@@H](C)CC12OCc1ccccc1NC2=O. The molecule has 3 atom stereocenters. The smallest absolute Gasteiger partial charge is 0.258 e. The standard InChI is InChI=1S/C17H24N2O2/c1-3-4-9-19-12-17(10-13(19)2)16(20)18-15-8-6-5-7-14(15)11-21-17/h5-8,13H,3-4,9-12H2,1-2H3,(H,18,20)/t13-,17?/m0/s1/i12D/t12?,13-,17?. The van der Waals surface area contributed by atoms with Crippen molar-refractivity contribution in [3.05, 3.63) is 29.8 Å². The van der Waals surface area contributed by atoms with Gasteiger partial charge in [0.15, 0.2) is 5.60 Å². The molecular formula is C17H24N2O2. The molecule has 1 amide bonds. The number of nitrogens with one attached hydrogen (secondary N) is 1. The molecule has 0 aromatic heterocycles. The van der Waals surface area contributed by atoms with Crippen LogP contribution in [-0.4, -0.2) is 35.5 Å². The summed E-state index contributed by atoms with van der Waals surface area (Å²) >= 11 is 0. The average Bonchev–Trinajstić information content (AvgIpc) is 2.66. The van der Waals surface area contributed by atoms with Gasteiger partial charge in [-0.1, -0.05) is 31.5 Å². The lowest BCUT2D eigenvalue weighted by Gasteiger charge is -2.26. The molecule has 4 nitrogen and oxygen atoms in total. The normalized spacial score (nSPS) is 33.4. The van der Waals surface area contributed by atoms with Crippen LogP contribution in [0.1, 0.15) is 40.0 Å². The molecule has 2 aliphatic rings. The lowest BCUT2D eigenvalue weighted by molar-refractivity contribution is -0.140. The van der Waals surface area contributed by atoms with Crippen LogP contribution in [0, 0.1) is 0 Å². The molecule has 1 spiro atoms. The number of fused-ring (bicyclic) bond motifs is 1. The van der Waals surface area contributed by atoms with Crippen LogP contribution in [0.25, 0.3) is 0 Å². The van der Waals surface area contributed by atoms with Crippen molar-refractivity contribution in [2.75, 3.05) is 18.4 Å². The lowest BCUT2D eigenvalue weighted by atomic mass is 9.99. The number of carbonyl (C=O) groups excluding carboxylic acids is 1. The van der Waals surface area contributed by atoms with Crippen LogP contribution >= 0.6 is 0 Å². The number of amides is 1. The van der Waals surface area contributed by atoms with E-state index in [0.29, 0.717) is 13.0 Å².